The topological polar surface area (TPSA) is 584 Å². The molecule has 41 heteroatoms. The van der Waals surface area contributed by atoms with Crippen LogP contribution in [-0.2, 0) is 76.7 Å². The minimum atomic E-state index is -2.82. The number of carboxylic acid groups (broad SMARTS) is 1. The first kappa shape index (κ1) is 135. The number of hydrogen-bond donors (Lipinski definition) is 21. The van der Waals surface area contributed by atoms with Crippen molar-refractivity contribution in [2.45, 2.75) is 335 Å². The molecule has 1 heterocycles. The van der Waals surface area contributed by atoms with Gasteiger partial charge in [-0.25, -0.2) is 16.8 Å². The van der Waals surface area contributed by atoms with Gasteiger partial charge in [0.25, 0.3) is 0 Å². The van der Waals surface area contributed by atoms with Crippen molar-refractivity contribution in [3.8, 4) is 0 Å². The second kappa shape index (κ2) is 74.8. The molecule has 1 rings (SSSR count). The number of aliphatic hydroxyl groups excluding tert-OH is 13. The van der Waals surface area contributed by atoms with Crippen LogP contribution in [0.25, 0.3) is 0 Å². The van der Waals surface area contributed by atoms with Gasteiger partial charge in [-0.05, 0) is 161 Å². The van der Waals surface area contributed by atoms with Crippen LogP contribution < -0.4 is 37.2 Å². The number of sulfone groups is 2. The third-order valence-electron chi connectivity index (χ3n) is 19.3. The van der Waals surface area contributed by atoms with E-state index in [2.05, 4.69) is 74.7 Å². The van der Waals surface area contributed by atoms with Crippen molar-refractivity contribution in [1.29, 1.82) is 0 Å². The first-order chi connectivity index (χ1) is 59.9. The lowest BCUT2D eigenvalue weighted by atomic mass is 9.81. The number of unbranched alkanes of at least 4 members (excludes halogenated alkanes) is 2. The maximum absolute atomic E-state index is 12.7. The number of carboxylic acids is 1. The summed E-state index contributed by atoms with van der Waals surface area (Å²) in [6, 6.07) is -0.902. The third kappa shape index (κ3) is 84.0. The van der Waals surface area contributed by atoms with Gasteiger partial charge < -0.3 is 141 Å². The number of nitrogens with zero attached hydrogens (tertiary/aromatic N) is 2. The Balaban J connectivity index is -0.000000513. The maximum Gasteiger partial charge on any atom is 0.320 e. The molecular weight excluding hydrogens is 1740 g/mol. The van der Waals surface area contributed by atoms with E-state index in [0.29, 0.717) is 151 Å². The summed E-state index contributed by atoms with van der Waals surface area (Å²) in [6.07, 6.45) is -8.14. The predicted octanol–water partition coefficient (Wildman–Crippen LogP) is 0.265. The molecule has 1 aliphatic heterocycles. The lowest BCUT2D eigenvalue weighted by molar-refractivity contribution is -0.140. The van der Waals surface area contributed by atoms with Crippen LogP contribution in [0.2, 0.25) is 0 Å². The summed E-state index contributed by atoms with van der Waals surface area (Å²) >= 11 is 0. The molecule has 0 aliphatic carbocycles. The SMILES string of the molecule is CC(C)(C)N1CCN(CCS(C)(=O)=O)CC1.CC(C)(C)NCCS(C)(=O)=O.CCCCC[C@H](NC(C)(C)C)C(=O)O.CC[C@@H](O)[C@@H](O)[C@H](O)[C@@H](O)CCCC(CC(C)(C)C)C(=O)NC[C@H](O)[C@@H](O)[C@H](O)[C@H](O)CO.CC[C@@H](O)[C@@H](O)[C@H](O)[C@@H](O)CNC(C)(C)C.COCCOCCOCCOCCNC(=O)CC[C@H](NC(C)(C)C)C(=O)NCCOCCOCCOCCOC. The average molecular weight is 1930 g/mol. The minimum absolute atomic E-state index is 0.00465. The minimum Gasteiger partial charge on any atom is -0.480 e. The standard InChI is InChI=1S/C27H55N3O10.C22H45NO10.C11H24N2O2S.C11H25NO4.C11H23NO2.C7H17NO2S/c1-27(2,3)30-24(26(32)29-9-11-36-17-19-40-23-21-38-15-13-34-5)6-7-25(31)28-8-10-35-16-18-39-22-20-37-14-12-33-4;1-5-13(25)17(29)18(30)14(26)8-6-7-12(9-22(2,3)4)21(33)23-10-15(27)19(31)20(32)16(28)11-24;1-11(2,3)13-7-5-12(6-8-13)9-10-16(4,14)15;1-5-7(13)9(15)10(16)8(14)6-12-11(2,3)4;1-5-6-7-8-9(10(13)14)12-11(2,3)4;1-7(2,3)8-5-6-11(4,9)10/h24,30H,6-23H2,1-5H3,(H,28,31)(H,29,32);12-20,24-32H,5-11H2,1-4H3,(H,23,33);5-10H2,1-4H3;7-10,12-16H,5-6H2,1-4H3;9,12H,5-8H2,1-4H3,(H,13,14);8H,5-6H2,1-4H3/t24-;12?,13-,14+,15+,16-,17-,18-,19-,20-;;7-,8+,9-,10-;9-;/m01.10./s1. The number of rotatable bonds is 63. The van der Waals surface area contributed by atoms with Gasteiger partial charge in [-0.15, -0.1) is 0 Å². The number of piperazine rings is 1. The molecule has 39 nitrogen and oxygen atoms in total. The predicted molar refractivity (Wildman–Crippen MR) is 506 cm³/mol. The van der Waals surface area contributed by atoms with Crippen LogP contribution in [0.15, 0.2) is 0 Å². The van der Waals surface area contributed by atoms with Crippen LogP contribution in [0.5, 0.6) is 0 Å². The summed E-state index contributed by atoms with van der Waals surface area (Å²) in [7, 11) is -2.37. The molecule has 15 atom stereocenters. The van der Waals surface area contributed by atoms with E-state index in [1.54, 1.807) is 28.1 Å². The van der Waals surface area contributed by atoms with Crippen molar-refractivity contribution >= 4 is 43.4 Å². The average Bonchev–Trinajstić information content (AvgIpc) is 0.851. The molecule has 1 unspecified atom stereocenters. The van der Waals surface area contributed by atoms with Crippen LogP contribution >= 0.6 is 0 Å². The summed E-state index contributed by atoms with van der Waals surface area (Å²) in [5.41, 5.74) is -0.579. The molecule has 0 aromatic rings. The molecule has 0 saturated carbocycles. The van der Waals surface area contributed by atoms with Gasteiger partial charge in [0.1, 0.15) is 68.4 Å². The van der Waals surface area contributed by atoms with Gasteiger partial charge in [0.05, 0.1) is 147 Å². The smallest absolute Gasteiger partial charge is 0.320 e. The Labute approximate surface area is 781 Å². The highest BCUT2D eigenvalue weighted by Crippen LogP contribution is 2.29. The van der Waals surface area contributed by atoms with Crippen LogP contribution in [0, 0.1) is 11.3 Å². The number of nitrogens with one attached hydrogen (secondary N) is 7. The molecule has 3 amide bonds. The Morgan fingerprint density at radius 3 is 1.17 bits per heavy atom. The Morgan fingerprint density at radius 2 is 0.792 bits per heavy atom. The summed E-state index contributed by atoms with van der Waals surface area (Å²) in [5, 5.41) is 155. The molecular formula is C89H189N9O30S2. The number of carbonyl (C=O) groups is 4. The molecule has 1 aliphatic rings. The molecule has 0 spiro atoms. The van der Waals surface area contributed by atoms with Crippen molar-refractivity contribution in [2.24, 2.45) is 11.3 Å². The number of amides is 3. The monoisotopic (exact) mass is 1930 g/mol. The van der Waals surface area contributed by atoms with E-state index in [-0.39, 0.29) is 82.2 Å². The lowest BCUT2D eigenvalue weighted by Gasteiger charge is -2.42. The van der Waals surface area contributed by atoms with E-state index in [1.807, 2.05) is 104 Å². The summed E-state index contributed by atoms with van der Waals surface area (Å²) in [4.78, 5) is 53.3. The zero-order valence-corrected chi connectivity index (χ0v) is 85.9. The first-order valence-electron chi connectivity index (χ1n) is 46.0. The van der Waals surface area contributed by atoms with E-state index in [0.717, 1.165) is 51.9 Å². The van der Waals surface area contributed by atoms with E-state index in [4.69, 9.17) is 48.1 Å². The third-order valence-corrected chi connectivity index (χ3v) is 21.2. The van der Waals surface area contributed by atoms with Crippen molar-refractivity contribution in [3.63, 3.8) is 0 Å². The van der Waals surface area contributed by atoms with Crippen LogP contribution in [0.3, 0.4) is 0 Å². The first-order valence-corrected chi connectivity index (χ1v) is 50.2. The zero-order valence-electron chi connectivity index (χ0n) is 84.2. The molecule has 0 aromatic heterocycles. The largest absolute Gasteiger partial charge is 0.480 e. The normalized spacial score (nSPS) is 16.8. The van der Waals surface area contributed by atoms with Gasteiger partial charge >= 0.3 is 5.97 Å². The molecule has 0 aromatic carbocycles. The van der Waals surface area contributed by atoms with Gasteiger partial charge in [-0.3, -0.25) is 34.3 Å². The Hall–Kier alpha value is -3.30. The maximum atomic E-state index is 12.7. The van der Waals surface area contributed by atoms with E-state index in [1.165, 1.54) is 12.5 Å². The molecule has 1 saturated heterocycles. The molecule has 1 fully saturated rings. The van der Waals surface area contributed by atoms with Crippen molar-refractivity contribution in [1.82, 2.24) is 47.0 Å². The molecule has 130 heavy (non-hydrogen) atoms. The van der Waals surface area contributed by atoms with Crippen molar-refractivity contribution in [3.05, 3.63) is 0 Å². The number of aliphatic carboxylic acids is 1. The van der Waals surface area contributed by atoms with Gasteiger partial charge in [0.2, 0.25) is 17.7 Å². The Morgan fingerprint density at radius 1 is 0.400 bits per heavy atom. The summed E-state index contributed by atoms with van der Waals surface area (Å²) in [6.45, 7) is 53.4. The Kier molecular flexibility index (Phi) is 77.7. The van der Waals surface area contributed by atoms with E-state index in [9.17, 15) is 97.3 Å². The highest BCUT2D eigenvalue weighted by Gasteiger charge is 2.35. The van der Waals surface area contributed by atoms with Crippen LogP contribution in [0.4, 0.5) is 0 Å². The second-order valence-corrected chi connectivity index (χ2v) is 43.6. The number of β-amino-alcohol motifs (C(OH)–C–C–N with tert-alkyl or cyclic N) is 1. The summed E-state index contributed by atoms with van der Waals surface area (Å²) in [5.74, 6) is -1.47. The van der Waals surface area contributed by atoms with E-state index >= 15 is 0 Å². The van der Waals surface area contributed by atoms with E-state index < -0.39 is 136 Å². The number of carbonyl (C=O) groups excluding carboxylic acids is 3. The number of ether oxygens (including phenoxy) is 8. The second-order valence-electron chi connectivity index (χ2n) is 39.1. The quantitative estimate of drug-likeness (QED) is 0.0363. The molecule has 782 valence electrons. The fraction of sp³-hybridized carbons (Fsp3) is 0.955. The zero-order chi connectivity index (χ0) is 101. The molecule has 0 radical (unpaired) electrons. The van der Waals surface area contributed by atoms with Crippen LogP contribution in [0.1, 0.15) is 222 Å². The molecule has 0 bridgehead atoms. The van der Waals surface area contributed by atoms with Crippen molar-refractivity contribution in [2.75, 3.05) is 203 Å². The number of hydrogen-bond acceptors (Lipinski definition) is 35. The van der Waals surface area contributed by atoms with Gasteiger partial charge in [-0.2, -0.15) is 0 Å². The van der Waals surface area contributed by atoms with Gasteiger partial charge in [0, 0.05) is 132 Å². The van der Waals surface area contributed by atoms with Crippen LogP contribution in [-0.4, -0.2) is 438 Å². The highest BCUT2D eigenvalue weighted by molar-refractivity contribution is 7.90. The Bertz CT molecular complexity index is 2990. The summed E-state index contributed by atoms with van der Waals surface area (Å²) < 4.78 is 85.6. The fourth-order valence-electron chi connectivity index (χ4n) is 11.9. The molecule has 21 N–H and O–H groups in total. The number of aliphatic hydroxyl groups is 13. The highest BCUT2D eigenvalue weighted by atomic mass is 32.2. The number of methoxy groups -OCH3 is 2. The van der Waals surface area contributed by atoms with Gasteiger partial charge in [-0.1, -0.05) is 60.8 Å². The van der Waals surface area contributed by atoms with Gasteiger partial charge in [0.15, 0.2) is 0 Å². The lowest BCUT2D eigenvalue weighted by Crippen LogP contribution is -2.53. The fourth-order valence-corrected chi connectivity index (χ4v) is 12.9. The van der Waals surface area contributed by atoms with Crippen molar-refractivity contribution < 1.29 is 145 Å².